The lowest BCUT2D eigenvalue weighted by molar-refractivity contribution is 0.0813. The fourth-order valence-corrected chi connectivity index (χ4v) is 3.87. The highest BCUT2D eigenvalue weighted by Crippen LogP contribution is 2.51. The van der Waals surface area contributed by atoms with Gasteiger partial charge in [-0.1, -0.05) is 51.5 Å². The van der Waals surface area contributed by atoms with Crippen molar-refractivity contribution >= 4 is 0 Å². The lowest BCUT2D eigenvalue weighted by Gasteiger charge is -2.45. The van der Waals surface area contributed by atoms with Crippen LogP contribution in [0.3, 0.4) is 0 Å². The monoisotopic (exact) mass is 204 g/mol. The Morgan fingerprint density at radius 3 is 2.13 bits per heavy atom. The largest absolute Gasteiger partial charge is 0.0805 e. The Bertz CT molecular complexity index is 286. The molecule has 0 aromatic heterocycles. The van der Waals surface area contributed by atoms with Crippen LogP contribution < -0.4 is 0 Å². The van der Waals surface area contributed by atoms with Gasteiger partial charge in [0.2, 0.25) is 0 Å². The van der Waals surface area contributed by atoms with Crippen molar-refractivity contribution in [2.24, 2.45) is 16.7 Å². The highest BCUT2D eigenvalue weighted by atomic mass is 14.4. The Balaban J connectivity index is 2.13. The molecular weight excluding hydrogens is 180 g/mol. The fourth-order valence-electron chi connectivity index (χ4n) is 3.87. The molecule has 1 fully saturated rings. The highest BCUT2D eigenvalue weighted by molar-refractivity contribution is 5.26. The van der Waals surface area contributed by atoms with Crippen molar-refractivity contribution < 1.29 is 0 Å². The summed E-state index contributed by atoms with van der Waals surface area (Å²) in [4.78, 5) is 0. The molecule has 2 aliphatic rings. The molecule has 84 valence electrons. The molecule has 0 heterocycles. The molecule has 0 saturated heterocycles. The molecule has 0 aromatic carbocycles. The maximum absolute atomic E-state index is 2.43. The second kappa shape index (κ2) is 3.50. The minimum absolute atomic E-state index is 0.524. The lowest BCUT2D eigenvalue weighted by Crippen LogP contribution is -2.34. The van der Waals surface area contributed by atoms with Gasteiger partial charge in [0.15, 0.2) is 0 Å². The molecule has 0 N–H and O–H groups in total. The quantitative estimate of drug-likeness (QED) is 0.579. The average molecular weight is 204 g/mol. The van der Waals surface area contributed by atoms with Crippen LogP contribution in [-0.4, -0.2) is 0 Å². The van der Waals surface area contributed by atoms with Crippen LogP contribution >= 0.6 is 0 Å². The molecule has 0 bridgehead atoms. The zero-order chi connectivity index (χ0) is 11.1. The molecule has 0 radical (unpaired) electrons. The van der Waals surface area contributed by atoms with Gasteiger partial charge in [0.25, 0.3) is 0 Å². The van der Waals surface area contributed by atoms with E-state index in [1.54, 1.807) is 5.57 Å². The molecule has 0 unspecified atom stereocenters. The van der Waals surface area contributed by atoms with Gasteiger partial charge in [-0.3, -0.25) is 0 Å². The van der Waals surface area contributed by atoms with Crippen molar-refractivity contribution in [1.29, 1.82) is 0 Å². The van der Waals surface area contributed by atoms with Gasteiger partial charge in [-0.15, -0.1) is 0 Å². The number of rotatable bonds is 1. The first-order valence-corrected chi connectivity index (χ1v) is 6.24. The predicted molar refractivity (Wildman–Crippen MR) is 66.7 cm³/mol. The van der Waals surface area contributed by atoms with Crippen LogP contribution in [0.1, 0.15) is 53.4 Å². The van der Waals surface area contributed by atoms with Gasteiger partial charge in [0, 0.05) is 0 Å². The zero-order valence-electron chi connectivity index (χ0n) is 10.6. The molecule has 0 aliphatic heterocycles. The molecule has 0 amide bonds. The fraction of sp³-hybridized carbons (Fsp3) is 0.733. The third-order valence-electron chi connectivity index (χ3n) is 3.88. The van der Waals surface area contributed by atoms with Crippen molar-refractivity contribution in [2.45, 2.75) is 53.4 Å². The number of hydrogen-bond acceptors (Lipinski definition) is 0. The smallest absolute Gasteiger partial charge is 0.0130 e. The summed E-state index contributed by atoms with van der Waals surface area (Å²) in [5.74, 6) is 0.832. The van der Waals surface area contributed by atoms with Crippen LogP contribution in [0.25, 0.3) is 0 Å². The summed E-state index contributed by atoms with van der Waals surface area (Å²) in [5.41, 5.74) is 2.72. The van der Waals surface area contributed by atoms with E-state index in [1.165, 1.54) is 25.7 Å². The van der Waals surface area contributed by atoms with Crippen molar-refractivity contribution in [3.8, 4) is 0 Å². The van der Waals surface area contributed by atoms with Gasteiger partial charge >= 0.3 is 0 Å². The average Bonchev–Trinajstić information content (AvgIpc) is 2.48. The van der Waals surface area contributed by atoms with E-state index >= 15 is 0 Å². The number of hydrogen-bond donors (Lipinski definition) is 0. The van der Waals surface area contributed by atoms with Gasteiger partial charge in [-0.25, -0.2) is 0 Å². The molecular formula is C15H24. The van der Waals surface area contributed by atoms with Crippen molar-refractivity contribution in [3.05, 3.63) is 23.8 Å². The van der Waals surface area contributed by atoms with E-state index in [0.717, 1.165) is 5.92 Å². The molecule has 0 atom stereocenters. The molecule has 2 rings (SSSR count). The second-order valence-corrected chi connectivity index (χ2v) is 6.98. The summed E-state index contributed by atoms with van der Waals surface area (Å²) in [7, 11) is 0. The lowest BCUT2D eigenvalue weighted by atomic mass is 9.60. The Hall–Kier alpha value is -0.520. The highest BCUT2D eigenvalue weighted by Gasteiger charge is 2.39. The van der Waals surface area contributed by atoms with Crippen molar-refractivity contribution in [2.75, 3.05) is 0 Å². The van der Waals surface area contributed by atoms with Gasteiger partial charge in [0.05, 0.1) is 0 Å². The summed E-state index contributed by atoms with van der Waals surface area (Å²) in [6, 6.07) is 0. The minimum atomic E-state index is 0.524. The first-order chi connectivity index (χ1) is 6.88. The third kappa shape index (κ3) is 2.53. The maximum atomic E-state index is 2.43. The summed E-state index contributed by atoms with van der Waals surface area (Å²) in [6.45, 7) is 9.74. The Labute approximate surface area is 94.5 Å². The standard InChI is InChI=1S/C15H24/c1-14(2)9-13(10-15(3,4)11-14)12-7-5-6-8-12/h5-7,13H,8-11H2,1-4H3. The van der Waals surface area contributed by atoms with E-state index in [1.807, 2.05) is 0 Å². The molecule has 0 aromatic rings. The first kappa shape index (κ1) is 11.0. The van der Waals surface area contributed by atoms with Crippen molar-refractivity contribution in [3.63, 3.8) is 0 Å². The van der Waals surface area contributed by atoms with Gasteiger partial charge < -0.3 is 0 Å². The van der Waals surface area contributed by atoms with Crippen molar-refractivity contribution in [1.82, 2.24) is 0 Å². The van der Waals surface area contributed by atoms with Gasteiger partial charge in [-0.05, 0) is 42.4 Å². The van der Waals surface area contributed by atoms with Crippen LogP contribution in [0, 0.1) is 16.7 Å². The Morgan fingerprint density at radius 2 is 1.67 bits per heavy atom. The molecule has 0 nitrogen and oxygen atoms in total. The van der Waals surface area contributed by atoms with E-state index in [9.17, 15) is 0 Å². The van der Waals surface area contributed by atoms with Crippen LogP contribution in [0.4, 0.5) is 0 Å². The Kier molecular flexibility index (Phi) is 2.56. The van der Waals surface area contributed by atoms with Crippen LogP contribution in [0.5, 0.6) is 0 Å². The Morgan fingerprint density at radius 1 is 1.07 bits per heavy atom. The van der Waals surface area contributed by atoms with Crippen LogP contribution in [0.2, 0.25) is 0 Å². The normalized spacial score (nSPS) is 29.2. The van der Waals surface area contributed by atoms with Gasteiger partial charge in [0.1, 0.15) is 0 Å². The first-order valence-electron chi connectivity index (χ1n) is 6.24. The van der Waals surface area contributed by atoms with E-state index in [-0.39, 0.29) is 0 Å². The third-order valence-corrected chi connectivity index (χ3v) is 3.88. The topological polar surface area (TPSA) is 0 Å². The van der Waals surface area contributed by atoms with E-state index in [4.69, 9.17) is 0 Å². The molecule has 15 heavy (non-hydrogen) atoms. The molecule has 0 spiro atoms. The summed E-state index contributed by atoms with van der Waals surface area (Å²) >= 11 is 0. The molecule has 2 aliphatic carbocycles. The molecule has 1 saturated carbocycles. The predicted octanol–water partition coefficient (Wildman–Crippen LogP) is 4.73. The van der Waals surface area contributed by atoms with Crippen LogP contribution in [0.15, 0.2) is 23.8 Å². The summed E-state index contributed by atoms with van der Waals surface area (Å²) in [6.07, 6.45) is 12.2. The van der Waals surface area contributed by atoms with E-state index in [2.05, 4.69) is 45.9 Å². The minimum Gasteiger partial charge on any atom is -0.0805 e. The summed E-state index contributed by atoms with van der Waals surface area (Å²) in [5, 5.41) is 0. The molecule has 0 heteroatoms. The van der Waals surface area contributed by atoms with Crippen LogP contribution in [-0.2, 0) is 0 Å². The van der Waals surface area contributed by atoms with E-state index in [0.29, 0.717) is 10.8 Å². The summed E-state index contributed by atoms with van der Waals surface area (Å²) < 4.78 is 0. The SMILES string of the molecule is CC1(C)CC(C2=CC=CC2)CC(C)(C)C1. The number of allylic oxidation sites excluding steroid dienone is 4. The van der Waals surface area contributed by atoms with Gasteiger partial charge in [-0.2, -0.15) is 0 Å². The van der Waals surface area contributed by atoms with E-state index < -0.39 is 0 Å². The second-order valence-electron chi connectivity index (χ2n) is 6.98. The maximum Gasteiger partial charge on any atom is -0.0130 e. The zero-order valence-corrected chi connectivity index (χ0v) is 10.6.